The van der Waals surface area contributed by atoms with Gasteiger partial charge in [-0.25, -0.2) is 4.79 Å². The highest BCUT2D eigenvalue weighted by Crippen LogP contribution is 2.18. The highest BCUT2D eigenvalue weighted by atomic mass is 16.3. The summed E-state index contributed by atoms with van der Waals surface area (Å²) in [5, 5.41) is 11.8. The molecule has 6 nitrogen and oxygen atoms in total. The lowest BCUT2D eigenvalue weighted by molar-refractivity contribution is -0.126. The summed E-state index contributed by atoms with van der Waals surface area (Å²) in [6.07, 6.45) is 1.41. The van der Waals surface area contributed by atoms with Gasteiger partial charge in [0.05, 0.1) is 0 Å². The van der Waals surface area contributed by atoms with Crippen molar-refractivity contribution < 1.29 is 14.7 Å². The van der Waals surface area contributed by atoms with Crippen molar-refractivity contribution in [3.8, 4) is 0 Å². The smallest absolute Gasteiger partial charge is 0.319 e. The summed E-state index contributed by atoms with van der Waals surface area (Å²) in [5.74, 6) is 0.105. The molecular weight excluding hydrogens is 246 g/mol. The number of carbonyl (C=O) groups excluding carboxylic acids is 2. The molecule has 0 aliphatic carbocycles. The molecular formula is C13H25N3O3. The van der Waals surface area contributed by atoms with Crippen molar-refractivity contribution in [2.45, 2.75) is 19.8 Å². The lowest BCUT2D eigenvalue weighted by atomic mass is 9.96. The predicted molar refractivity (Wildman–Crippen MR) is 72.6 cm³/mol. The molecule has 3 amide bonds. The number of amides is 3. The Morgan fingerprint density at radius 1 is 1.37 bits per heavy atom. The summed E-state index contributed by atoms with van der Waals surface area (Å²) in [6, 6.07) is 0.00719. The Morgan fingerprint density at radius 3 is 2.42 bits per heavy atom. The predicted octanol–water partition coefficient (Wildman–Crippen LogP) is 0.125. The van der Waals surface area contributed by atoms with Gasteiger partial charge in [0.25, 0.3) is 0 Å². The van der Waals surface area contributed by atoms with Crippen molar-refractivity contribution in [1.82, 2.24) is 15.1 Å². The van der Waals surface area contributed by atoms with Crippen molar-refractivity contribution in [2.24, 2.45) is 11.8 Å². The van der Waals surface area contributed by atoms with Gasteiger partial charge in [0.15, 0.2) is 0 Å². The molecule has 1 heterocycles. The summed E-state index contributed by atoms with van der Waals surface area (Å²) in [7, 11) is 3.47. The first kappa shape index (κ1) is 15.8. The van der Waals surface area contributed by atoms with Crippen LogP contribution in [-0.2, 0) is 4.79 Å². The third-order valence-corrected chi connectivity index (χ3v) is 3.46. The number of hydrogen-bond acceptors (Lipinski definition) is 3. The summed E-state index contributed by atoms with van der Waals surface area (Å²) < 4.78 is 0. The molecule has 1 atom stereocenters. The number of carbonyl (C=O) groups is 2. The fraction of sp³-hybridized carbons (Fsp3) is 0.846. The molecule has 2 N–H and O–H groups in total. The molecule has 6 heteroatoms. The van der Waals surface area contributed by atoms with Gasteiger partial charge in [0.2, 0.25) is 5.91 Å². The second-order valence-electron chi connectivity index (χ2n) is 5.47. The number of nitrogens with one attached hydrogen (secondary N) is 1. The van der Waals surface area contributed by atoms with Gasteiger partial charge in [0.1, 0.15) is 0 Å². The number of hydrogen-bond donors (Lipinski definition) is 2. The second kappa shape index (κ2) is 7.33. The molecule has 0 bridgehead atoms. The molecule has 1 rings (SSSR count). The zero-order chi connectivity index (χ0) is 14.4. The molecule has 0 radical (unpaired) electrons. The van der Waals surface area contributed by atoms with Gasteiger partial charge >= 0.3 is 6.03 Å². The molecule has 0 aromatic carbocycles. The van der Waals surface area contributed by atoms with Crippen LogP contribution in [-0.4, -0.2) is 67.2 Å². The summed E-state index contributed by atoms with van der Waals surface area (Å²) in [4.78, 5) is 27.0. The van der Waals surface area contributed by atoms with E-state index >= 15 is 0 Å². The van der Waals surface area contributed by atoms with Crippen molar-refractivity contribution >= 4 is 11.9 Å². The topological polar surface area (TPSA) is 72.9 Å². The van der Waals surface area contributed by atoms with E-state index in [1.54, 1.807) is 23.9 Å². The fourth-order valence-corrected chi connectivity index (χ4v) is 2.10. The molecule has 19 heavy (non-hydrogen) atoms. The second-order valence-corrected chi connectivity index (χ2v) is 5.47. The fourth-order valence-electron chi connectivity index (χ4n) is 2.10. The van der Waals surface area contributed by atoms with E-state index in [1.165, 1.54) is 0 Å². The number of aliphatic hydroxyl groups is 1. The Kier molecular flexibility index (Phi) is 6.08. The van der Waals surface area contributed by atoms with E-state index < -0.39 is 0 Å². The monoisotopic (exact) mass is 271 g/mol. The minimum absolute atomic E-state index is 0.00719. The number of likely N-dealkylation sites (tertiary alicyclic amines) is 1. The standard InChI is InChI=1S/C13H25N3O3/c1-10(9-17)8-14-12(18)11-4-6-16(7-5-11)13(19)15(2)3/h10-11,17H,4-9H2,1-3H3,(H,14,18). The SMILES string of the molecule is CC(CO)CNC(=O)C1CCN(C(=O)N(C)C)CC1. The van der Waals surface area contributed by atoms with E-state index in [0.29, 0.717) is 32.5 Å². The number of aliphatic hydroxyl groups excluding tert-OH is 1. The van der Waals surface area contributed by atoms with Crippen LogP contribution in [0.2, 0.25) is 0 Å². The number of rotatable bonds is 4. The molecule has 1 aliphatic heterocycles. The summed E-state index contributed by atoms with van der Waals surface area (Å²) in [5.41, 5.74) is 0. The molecule has 1 fully saturated rings. The van der Waals surface area contributed by atoms with Gasteiger partial charge in [-0.1, -0.05) is 6.92 Å². The third-order valence-electron chi connectivity index (χ3n) is 3.46. The Balaban J connectivity index is 2.33. The molecule has 0 spiro atoms. The highest BCUT2D eigenvalue weighted by Gasteiger charge is 2.27. The molecule has 0 aromatic rings. The number of piperidine rings is 1. The molecule has 0 aromatic heterocycles. The van der Waals surface area contributed by atoms with Crippen molar-refractivity contribution in [3.05, 3.63) is 0 Å². The quantitative estimate of drug-likeness (QED) is 0.763. The van der Waals surface area contributed by atoms with Crippen LogP contribution in [0.5, 0.6) is 0 Å². The van der Waals surface area contributed by atoms with Gasteiger partial charge in [-0.05, 0) is 18.8 Å². The average molecular weight is 271 g/mol. The zero-order valence-electron chi connectivity index (χ0n) is 12.1. The van der Waals surface area contributed by atoms with Crippen molar-refractivity contribution in [1.29, 1.82) is 0 Å². The maximum absolute atomic E-state index is 11.9. The summed E-state index contributed by atoms with van der Waals surface area (Å²) in [6.45, 7) is 3.73. The van der Waals surface area contributed by atoms with Crippen LogP contribution in [0.3, 0.4) is 0 Å². The van der Waals surface area contributed by atoms with Gasteiger partial charge < -0.3 is 20.2 Å². The lowest BCUT2D eigenvalue weighted by Gasteiger charge is -2.33. The normalized spacial score (nSPS) is 18.0. The van der Waals surface area contributed by atoms with Crippen LogP contribution in [0.25, 0.3) is 0 Å². The Bertz CT molecular complexity index is 312. The van der Waals surface area contributed by atoms with Crippen LogP contribution in [0, 0.1) is 11.8 Å². The van der Waals surface area contributed by atoms with E-state index in [-0.39, 0.29) is 30.4 Å². The Morgan fingerprint density at radius 2 is 1.95 bits per heavy atom. The molecule has 1 unspecified atom stereocenters. The molecule has 1 saturated heterocycles. The first-order valence-corrected chi connectivity index (χ1v) is 6.80. The maximum Gasteiger partial charge on any atom is 0.319 e. The van der Waals surface area contributed by atoms with E-state index in [9.17, 15) is 9.59 Å². The molecule has 1 aliphatic rings. The van der Waals surface area contributed by atoms with E-state index in [1.807, 2.05) is 6.92 Å². The lowest BCUT2D eigenvalue weighted by Crippen LogP contribution is -2.46. The van der Waals surface area contributed by atoms with E-state index in [4.69, 9.17) is 5.11 Å². The minimum Gasteiger partial charge on any atom is -0.396 e. The number of urea groups is 1. The van der Waals surface area contributed by atoms with Gasteiger partial charge in [0, 0.05) is 46.3 Å². The van der Waals surface area contributed by atoms with Gasteiger partial charge in [-0.2, -0.15) is 0 Å². The first-order valence-electron chi connectivity index (χ1n) is 6.80. The Hall–Kier alpha value is -1.30. The van der Waals surface area contributed by atoms with Crippen LogP contribution in [0.4, 0.5) is 4.79 Å². The van der Waals surface area contributed by atoms with Crippen LogP contribution >= 0.6 is 0 Å². The van der Waals surface area contributed by atoms with E-state index in [0.717, 1.165) is 0 Å². The zero-order valence-corrected chi connectivity index (χ0v) is 12.1. The highest BCUT2D eigenvalue weighted by molar-refractivity contribution is 5.79. The van der Waals surface area contributed by atoms with Crippen LogP contribution < -0.4 is 5.32 Å². The molecule has 110 valence electrons. The molecule has 0 saturated carbocycles. The maximum atomic E-state index is 11.9. The van der Waals surface area contributed by atoms with Gasteiger partial charge in [-0.3, -0.25) is 4.79 Å². The van der Waals surface area contributed by atoms with Crippen LogP contribution in [0.1, 0.15) is 19.8 Å². The largest absolute Gasteiger partial charge is 0.396 e. The third kappa shape index (κ3) is 4.70. The van der Waals surface area contributed by atoms with Crippen LogP contribution in [0.15, 0.2) is 0 Å². The Labute approximate surface area is 114 Å². The van der Waals surface area contributed by atoms with Crippen molar-refractivity contribution in [3.63, 3.8) is 0 Å². The van der Waals surface area contributed by atoms with Crippen molar-refractivity contribution in [2.75, 3.05) is 40.3 Å². The minimum atomic E-state index is -0.0166. The summed E-state index contributed by atoms with van der Waals surface area (Å²) >= 11 is 0. The van der Waals surface area contributed by atoms with E-state index in [2.05, 4.69) is 5.32 Å². The first-order chi connectivity index (χ1) is 8.95. The van der Waals surface area contributed by atoms with Gasteiger partial charge in [-0.15, -0.1) is 0 Å². The number of nitrogens with zero attached hydrogens (tertiary/aromatic N) is 2. The average Bonchev–Trinajstić information content (AvgIpc) is 2.43.